The fourth-order valence-corrected chi connectivity index (χ4v) is 2.19. The number of anilines is 1. The summed E-state index contributed by atoms with van der Waals surface area (Å²) in [5.41, 5.74) is 1.50. The number of piperidine rings is 1. The second-order valence-electron chi connectivity index (χ2n) is 4.97. The Morgan fingerprint density at radius 1 is 1.42 bits per heavy atom. The van der Waals surface area contributed by atoms with Crippen molar-refractivity contribution in [2.45, 2.75) is 32.0 Å². The minimum absolute atomic E-state index is 0.191. The smallest absolute Gasteiger partial charge is 0.321 e. The van der Waals surface area contributed by atoms with E-state index in [1.807, 2.05) is 0 Å². The number of hydrogen-bond acceptors (Lipinski definition) is 3. The average molecular weight is 264 g/mol. The van der Waals surface area contributed by atoms with Gasteiger partial charge in [-0.2, -0.15) is 0 Å². The van der Waals surface area contributed by atoms with Gasteiger partial charge in [-0.1, -0.05) is 12.1 Å². The maximum Gasteiger partial charge on any atom is 0.321 e. The highest BCUT2D eigenvalue weighted by molar-refractivity contribution is 5.89. The fourth-order valence-electron chi connectivity index (χ4n) is 2.19. The van der Waals surface area contributed by atoms with Crippen LogP contribution < -0.4 is 5.32 Å². The third kappa shape index (κ3) is 3.68. The predicted octanol–water partition coefficient (Wildman–Crippen LogP) is 1.73. The first kappa shape index (κ1) is 13.8. The van der Waals surface area contributed by atoms with Gasteiger partial charge in [0.2, 0.25) is 0 Å². The molecule has 2 rings (SSSR count). The van der Waals surface area contributed by atoms with Gasteiger partial charge >= 0.3 is 6.03 Å². The van der Waals surface area contributed by atoms with E-state index in [2.05, 4.69) is 5.32 Å². The highest BCUT2D eigenvalue weighted by Crippen LogP contribution is 2.17. The van der Waals surface area contributed by atoms with Crippen LogP contribution in [0, 0.1) is 0 Å². The molecule has 1 heterocycles. The number of benzene rings is 1. The van der Waals surface area contributed by atoms with Gasteiger partial charge < -0.3 is 20.4 Å². The molecule has 2 atom stereocenters. The van der Waals surface area contributed by atoms with E-state index in [4.69, 9.17) is 0 Å². The van der Waals surface area contributed by atoms with Gasteiger partial charge in [-0.15, -0.1) is 0 Å². The molecule has 1 aromatic rings. The van der Waals surface area contributed by atoms with E-state index in [1.54, 1.807) is 36.1 Å². The lowest BCUT2D eigenvalue weighted by atomic mass is 10.1. The number of carbonyl (C=O) groups is 1. The van der Waals surface area contributed by atoms with Crippen LogP contribution in [0.3, 0.4) is 0 Å². The Labute approximate surface area is 112 Å². The lowest BCUT2D eigenvalue weighted by Crippen LogP contribution is -2.44. The quantitative estimate of drug-likeness (QED) is 0.761. The summed E-state index contributed by atoms with van der Waals surface area (Å²) in [5.74, 6) is 0. The Bertz CT molecular complexity index is 431. The molecule has 2 amide bonds. The molecule has 5 nitrogen and oxygen atoms in total. The number of aliphatic hydroxyl groups is 2. The number of nitrogens with zero attached hydrogens (tertiary/aromatic N) is 1. The van der Waals surface area contributed by atoms with Crippen molar-refractivity contribution in [1.82, 2.24) is 4.90 Å². The van der Waals surface area contributed by atoms with Crippen molar-refractivity contribution in [2.75, 3.05) is 18.4 Å². The van der Waals surface area contributed by atoms with Crippen LogP contribution >= 0.6 is 0 Å². The van der Waals surface area contributed by atoms with E-state index in [1.165, 1.54) is 0 Å². The van der Waals surface area contributed by atoms with Crippen LogP contribution in [-0.2, 0) is 0 Å². The summed E-state index contributed by atoms with van der Waals surface area (Å²) >= 11 is 0. The van der Waals surface area contributed by atoms with Crippen molar-refractivity contribution in [1.29, 1.82) is 0 Å². The van der Waals surface area contributed by atoms with Crippen LogP contribution in [0.2, 0.25) is 0 Å². The predicted molar refractivity (Wildman–Crippen MR) is 72.9 cm³/mol. The second kappa shape index (κ2) is 6.04. The number of likely N-dealkylation sites (tertiary alicyclic amines) is 1. The van der Waals surface area contributed by atoms with Crippen molar-refractivity contribution in [3.63, 3.8) is 0 Å². The lowest BCUT2D eigenvalue weighted by Gasteiger charge is -2.30. The number of β-amino-alcohol motifs (C(OH)–C–C–N with tert-alkyl or cyclic N) is 1. The van der Waals surface area contributed by atoms with Crippen molar-refractivity contribution >= 4 is 11.7 Å². The van der Waals surface area contributed by atoms with E-state index >= 15 is 0 Å². The summed E-state index contributed by atoms with van der Waals surface area (Å²) in [7, 11) is 0. The summed E-state index contributed by atoms with van der Waals surface area (Å²) in [5, 5.41) is 21.7. The van der Waals surface area contributed by atoms with Crippen molar-refractivity contribution in [3.8, 4) is 0 Å². The van der Waals surface area contributed by atoms with Gasteiger partial charge in [0.1, 0.15) is 0 Å². The van der Waals surface area contributed by atoms with Crippen molar-refractivity contribution in [2.24, 2.45) is 0 Å². The average Bonchev–Trinajstić information content (AvgIpc) is 2.39. The minimum atomic E-state index is -0.512. The van der Waals surface area contributed by atoms with Crippen LogP contribution in [0.15, 0.2) is 24.3 Å². The van der Waals surface area contributed by atoms with Crippen molar-refractivity contribution in [3.05, 3.63) is 29.8 Å². The number of amides is 2. The van der Waals surface area contributed by atoms with E-state index in [-0.39, 0.29) is 6.03 Å². The zero-order chi connectivity index (χ0) is 13.8. The topological polar surface area (TPSA) is 72.8 Å². The molecule has 1 aliphatic heterocycles. The third-order valence-corrected chi connectivity index (χ3v) is 3.33. The molecule has 19 heavy (non-hydrogen) atoms. The molecule has 2 unspecified atom stereocenters. The third-order valence-electron chi connectivity index (χ3n) is 3.33. The Hall–Kier alpha value is -1.59. The van der Waals surface area contributed by atoms with Gasteiger partial charge in [0.05, 0.1) is 12.2 Å². The van der Waals surface area contributed by atoms with Gasteiger partial charge in [-0.25, -0.2) is 4.79 Å². The SMILES string of the molecule is CC(O)c1ccc(NC(=O)N2CCCC(O)C2)cc1. The summed E-state index contributed by atoms with van der Waals surface area (Å²) in [4.78, 5) is 13.6. The summed E-state index contributed by atoms with van der Waals surface area (Å²) in [6.07, 6.45) is 0.654. The van der Waals surface area contributed by atoms with Gasteiger partial charge in [0.15, 0.2) is 0 Å². The number of rotatable bonds is 2. The number of nitrogens with one attached hydrogen (secondary N) is 1. The fraction of sp³-hybridized carbons (Fsp3) is 0.500. The molecular weight excluding hydrogens is 244 g/mol. The number of urea groups is 1. The molecule has 1 saturated heterocycles. The Morgan fingerprint density at radius 2 is 2.11 bits per heavy atom. The molecular formula is C14H20N2O3. The van der Waals surface area contributed by atoms with E-state index in [0.29, 0.717) is 18.8 Å². The zero-order valence-electron chi connectivity index (χ0n) is 11.0. The van der Waals surface area contributed by atoms with Crippen LogP contribution in [0.4, 0.5) is 10.5 Å². The standard InChI is InChI=1S/C14H20N2O3/c1-10(17)11-4-6-12(7-5-11)15-14(19)16-8-2-3-13(18)9-16/h4-7,10,13,17-18H,2-3,8-9H2,1H3,(H,15,19). The first-order chi connectivity index (χ1) is 9.06. The van der Waals surface area contributed by atoms with Crippen LogP contribution in [0.5, 0.6) is 0 Å². The van der Waals surface area contributed by atoms with Crippen LogP contribution in [-0.4, -0.2) is 40.3 Å². The molecule has 3 N–H and O–H groups in total. The van der Waals surface area contributed by atoms with E-state index in [0.717, 1.165) is 18.4 Å². The van der Waals surface area contributed by atoms with Crippen LogP contribution in [0.1, 0.15) is 31.4 Å². The van der Waals surface area contributed by atoms with Gasteiger partial charge in [-0.05, 0) is 37.5 Å². The molecule has 1 fully saturated rings. The monoisotopic (exact) mass is 264 g/mol. The second-order valence-corrected chi connectivity index (χ2v) is 4.97. The maximum absolute atomic E-state index is 12.0. The summed E-state index contributed by atoms with van der Waals surface area (Å²) in [6, 6.07) is 6.90. The summed E-state index contributed by atoms with van der Waals surface area (Å²) in [6.45, 7) is 2.76. The molecule has 0 bridgehead atoms. The largest absolute Gasteiger partial charge is 0.391 e. The molecule has 104 valence electrons. The van der Waals surface area contributed by atoms with Crippen LogP contribution in [0.25, 0.3) is 0 Å². The van der Waals surface area contributed by atoms with E-state index < -0.39 is 12.2 Å². The number of hydrogen-bond donors (Lipinski definition) is 3. The van der Waals surface area contributed by atoms with Crippen molar-refractivity contribution < 1.29 is 15.0 Å². The molecule has 5 heteroatoms. The normalized spacial score (nSPS) is 21.0. The molecule has 0 spiro atoms. The number of aliphatic hydroxyl groups excluding tert-OH is 2. The number of carbonyl (C=O) groups excluding carboxylic acids is 1. The summed E-state index contributed by atoms with van der Waals surface area (Å²) < 4.78 is 0. The molecule has 0 aromatic heterocycles. The molecule has 0 radical (unpaired) electrons. The Kier molecular flexibility index (Phi) is 4.39. The Morgan fingerprint density at radius 3 is 2.68 bits per heavy atom. The first-order valence-corrected chi connectivity index (χ1v) is 6.58. The first-order valence-electron chi connectivity index (χ1n) is 6.58. The lowest BCUT2D eigenvalue weighted by molar-refractivity contribution is 0.0883. The molecule has 0 saturated carbocycles. The van der Waals surface area contributed by atoms with E-state index in [9.17, 15) is 15.0 Å². The van der Waals surface area contributed by atoms with Gasteiger partial charge in [-0.3, -0.25) is 0 Å². The molecule has 1 aliphatic rings. The zero-order valence-corrected chi connectivity index (χ0v) is 11.0. The highest BCUT2D eigenvalue weighted by Gasteiger charge is 2.21. The highest BCUT2D eigenvalue weighted by atomic mass is 16.3. The molecule has 1 aromatic carbocycles. The maximum atomic E-state index is 12.0. The minimum Gasteiger partial charge on any atom is -0.391 e. The van der Waals surface area contributed by atoms with Gasteiger partial charge in [0, 0.05) is 18.8 Å². The van der Waals surface area contributed by atoms with Gasteiger partial charge in [0.25, 0.3) is 0 Å². The Balaban J connectivity index is 1.94. The molecule has 0 aliphatic carbocycles.